The Morgan fingerprint density at radius 3 is 2.38 bits per heavy atom. The zero-order valence-corrected chi connectivity index (χ0v) is 16.3. The van der Waals surface area contributed by atoms with E-state index in [1.807, 2.05) is 19.1 Å². The van der Waals surface area contributed by atoms with Crippen LogP contribution in [0, 0.1) is 5.92 Å². The fourth-order valence-corrected chi connectivity index (χ4v) is 2.75. The molecule has 2 rings (SSSR count). The summed E-state index contributed by atoms with van der Waals surface area (Å²) in [5.74, 6) is 0.903. The molecule has 1 amide bonds. The number of anilines is 1. The smallest absolute Gasteiger partial charge is 0.224 e. The number of nitrogens with two attached hydrogens (primary N) is 1. The highest BCUT2D eigenvalue weighted by molar-refractivity contribution is 5.90. The van der Waals surface area contributed by atoms with Crippen LogP contribution in [0.25, 0.3) is 0 Å². The Morgan fingerprint density at radius 2 is 1.83 bits per heavy atom. The summed E-state index contributed by atoms with van der Waals surface area (Å²) in [6.45, 7) is 7.64. The van der Waals surface area contributed by atoms with Crippen molar-refractivity contribution in [1.29, 1.82) is 0 Å². The van der Waals surface area contributed by atoms with E-state index in [0.29, 0.717) is 6.42 Å². The molecule has 6 heteroatoms. The molecule has 1 aromatic carbocycles. The standard InChI is InChI=1S/C18H29N3O.2ClH/c1-14-9-11-21(12-10-14)13-16-4-6-17(7-5-16)20-18(22)8-3-15(2)19;;/h4-7,14-15H,3,8-13,19H2,1-2H3,(H,20,22);2*1H. The van der Waals surface area contributed by atoms with Crippen molar-refractivity contribution in [3.05, 3.63) is 29.8 Å². The number of carbonyl (C=O) groups excluding carboxylic acids is 1. The largest absolute Gasteiger partial charge is 0.328 e. The Labute approximate surface area is 158 Å². The molecule has 0 aliphatic carbocycles. The number of benzene rings is 1. The fraction of sp³-hybridized carbons (Fsp3) is 0.611. The van der Waals surface area contributed by atoms with Crippen LogP contribution in [0.2, 0.25) is 0 Å². The molecule has 138 valence electrons. The van der Waals surface area contributed by atoms with Crippen molar-refractivity contribution in [3.63, 3.8) is 0 Å². The number of rotatable bonds is 6. The normalized spacial score (nSPS) is 16.6. The van der Waals surface area contributed by atoms with E-state index in [1.54, 1.807) is 0 Å². The van der Waals surface area contributed by atoms with Gasteiger partial charge in [0.05, 0.1) is 0 Å². The van der Waals surface area contributed by atoms with Gasteiger partial charge < -0.3 is 11.1 Å². The zero-order valence-electron chi connectivity index (χ0n) is 14.7. The second-order valence-corrected chi connectivity index (χ2v) is 6.72. The number of likely N-dealkylation sites (tertiary alicyclic amines) is 1. The van der Waals surface area contributed by atoms with Crippen LogP contribution >= 0.6 is 24.8 Å². The molecule has 1 unspecified atom stereocenters. The molecule has 1 fully saturated rings. The predicted octanol–water partition coefficient (Wildman–Crippen LogP) is 3.83. The number of halogens is 2. The van der Waals surface area contributed by atoms with E-state index in [4.69, 9.17) is 5.73 Å². The van der Waals surface area contributed by atoms with Gasteiger partial charge in [-0.25, -0.2) is 0 Å². The molecular weight excluding hydrogens is 345 g/mol. The minimum absolute atomic E-state index is 0. The first-order valence-corrected chi connectivity index (χ1v) is 8.39. The first-order valence-electron chi connectivity index (χ1n) is 8.39. The van der Waals surface area contributed by atoms with Crippen molar-refractivity contribution in [1.82, 2.24) is 4.90 Å². The molecule has 24 heavy (non-hydrogen) atoms. The summed E-state index contributed by atoms with van der Waals surface area (Å²) in [5.41, 5.74) is 7.84. The molecular formula is C18H31Cl2N3O. The molecule has 1 aromatic rings. The molecule has 0 aromatic heterocycles. The van der Waals surface area contributed by atoms with Gasteiger partial charge >= 0.3 is 0 Å². The lowest BCUT2D eigenvalue weighted by atomic mass is 9.99. The van der Waals surface area contributed by atoms with Gasteiger partial charge in [-0.05, 0) is 62.9 Å². The quantitative estimate of drug-likeness (QED) is 0.793. The highest BCUT2D eigenvalue weighted by Crippen LogP contribution is 2.19. The molecule has 1 atom stereocenters. The van der Waals surface area contributed by atoms with Crippen molar-refractivity contribution in [2.75, 3.05) is 18.4 Å². The van der Waals surface area contributed by atoms with Crippen molar-refractivity contribution in [2.24, 2.45) is 11.7 Å². The fourth-order valence-electron chi connectivity index (χ4n) is 2.75. The van der Waals surface area contributed by atoms with Crippen LogP contribution < -0.4 is 11.1 Å². The van der Waals surface area contributed by atoms with Crippen LogP contribution in [0.5, 0.6) is 0 Å². The van der Waals surface area contributed by atoms with Crippen molar-refractivity contribution in [2.45, 2.75) is 52.1 Å². The second-order valence-electron chi connectivity index (χ2n) is 6.72. The van der Waals surface area contributed by atoms with Crippen molar-refractivity contribution < 1.29 is 4.79 Å². The van der Waals surface area contributed by atoms with Gasteiger partial charge in [0.15, 0.2) is 0 Å². The third-order valence-electron chi connectivity index (χ3n) is 4.35. The molecule has 0 radical (unpaired) electrons. The van der Waals surface area contributed by atoms with Gasteiger partial charge in [0, 0.05) is 24.7 Å². The lowest BCUT2D eigenvalue weighted by Crippen LogP contribution is -2.32. The van der Waals surface area contributed by atoms with Gasteiger partial charge in [-0.3, -0.25) is 9.69 Å². The van der Waals surface area contributed by atoms with Crippen LogP contribution in [-0.4, -0.2) is 29.9 Å². The number of piperidine rings is 1. The Balaban J connectivity index is 0.00000264. The number of amides is 1. The van der Waals surface area contributed by atoms with Crippen molar-refractivity contribution in [3.8, 4) is 0 Å². The van der Waals surface area contributed by atoms with E-state index >= 15 is 0 Å². The summed E-state index contributed by atoms with van der Waals surface area (Å²) in [4.78, 5) is 14.3. The lowest BCUT2D eigenvalue weighted by Gasteiger charge is -2.30. The van der Waals surface area contributed by atoms with Gasteiger partial charge in [0.1, 0.15) is 0 Å². The SMILES string of the molecule is CC(N)CCC(=O)Nc1ccc(CN2CCC(C)CC2)cc1.Cl.Cl. The zero-order chi connectivity index (χ0) is 15.9. The Kier molecular flexibility index (Phi) is 11.3. The van der Waals surface area contributed by atoms with Gasteiger partial charge in [-0.1, -0.05) is 19.1 Å². The number of hydrogen-bond donors (Lipinski definition) is 2. The summed E-state index contributed by atoms with van der Waals surface area (Å²) in [6, 6.07) is 8.27. The average molecular weight is 376 g/mol. The maximum absolute atomic E-state index is 11.8. The monoisotopic (exact) mass is 375 g/mol. The molecule has 0 spiro atoms. The molecule has 0 saturated carbocycles. The Bertz CT molecular complexity index is 472. The molecule has 1 aliphatic rings. The summed E-state index contributed by atoms with van der Waals surface area (Å²) in [6.07, 6.45) is 3.80. The minimum atomic E-state index is 0. The maximum atomic E-state index is 11.8. The van der Waals surface area contributed by atoms with E-state index in [1.165, 1.54) is 31.5 Å². The van der Waals surface area contributed by atoms with E-state index < -0.39 is 0 Å². The van der Waals surface area contributed by atoms with Gasteiger partial charge in [0.2, 0.25) is 5.91 Å². The average Bonchev–Trinajstić information content (AvgIpc) is 2.49. The lowest BCUT2D eigenvalue weighted by molar-refractivity contribution is -0.116. The first-order chi connectivity index (χ1) is 10.5. The second kappa shape index (κ2) is 11.7. The van der Waals surface area contributed by atoms with Crippen LogP contribution in [0.1, 0.15) is 45.1 Å². The summed E-state index contributed by atoms with van der Waals surface area (Å²) in [5, 5.41) is 2.93. The van der Waals surface area contributed by atoms with E-state index in [9.17, 15) is 4.79 Å². The molecule has 3 N–H and O–H groups in total. The summed E-state index contributed by atoms with van der Waals surface area (Å²) >= 11 is 0. The van der Waals surface area contributed by atoms with Gasteiger partial charge in [0.25, 0.3) is 0 Å². The van der Waals surface area contributed by atoms with Gasteiger partial charge in [-0.15, -0.1) is 24.8 Å². The van der Waals surface area contributed by atoms with E-state index in [2.05, 4.69) is 29.3 Å². The highest BCUT2D eigenvalue weighted by atomic mass is 35.5. The molecule has 1 saturated heterocycles. The number of hydrogen-bond acceptors (Lipinski definition) is 3. The van der Waals surface area contributed by atoms with Crippen molar-refractivity contribution >= 4 is 36.4 Å². The predicted molar refractivity (Wildman–Crippen MR) is 106 cm³/mol. The van der Waals surface area contributed by atoms with Crippen LogP contribution in [0.15, 0.2) is 24.3 Å². The molecule has 1 heterocycles. The first kappa shape index (κ1) is 23.2. The maximum Gasteiger partial charge on any atom is 0.224 e. The van der Waals surface area contributed by atoms with E-state index in [-0.39, 0.29) is 36.8 Å². The summed E-state index contributed by atoms with van der Waals surface area (Å²) in [7, 11) is 0. The topological polar surface area (TPSA) is 58.4 Å². The van der Waals surface area contributed by atoms with Crippen LogP contribution in [-0.2, 0) is 11.3 Å². The summed E-state index contributed by atoms with van der Waals surface area (Å²) < 4.78 is 0. The Hall–Kier alpha value is -0.810. The third-order valence-corrected chi connectivity index (χ3v) is 4.35. The third kappa shape index (κ3) is 8.34. The minimum Gasteiger partial charge on any atom is -0.328 e. The molecule has 4 nitrogen and oxygen atoms in total. The number of carbonyl (C=O) groups is 1. The molecule has 0 bridgehead atoms. The van der Waals surface area contributed by atoms with Crippen LogP contribution in [0.4, 0.5) is 5.69 Å². The number of nitrogens with zero attached hydrogens (tertiary/aromatic N) is 1. The van der Waals surface area contributed by atoms with E-state index in [0.717, 1.165) is 24.6 Å². The van der Waals surface area contributed by atoms with Crippen LogP contribution in [0.3, 0.4) is 0 Å². The molecule has 1 aliphatic heterocycles. The van der Waals surface area contributed by atoms with Gasteiger partial charge in [-0.2, -0.15) is 0 Å². The Morgan fingerprint density at radius 1 is 1.25 bits per heavy atom. The highest BCUT2D eigenvalue weighted by Gasteiger charge is 2.15. The number of nitrogens with one attached hydrogen (secondary N) is 1.